The summed E-state index contributed by atoms with van der Waals surface area (Å²) in [5.41, 5.74) is 8.83. The van der Waals surface area contributed by atoms with Crippen LogP contribution in [0, 0.1) is 34.5 Å². The molecule has 1 saturated heterocycles. The number of benzene rings is 1. The highest BCUT2D eigenvalue weighted by molar-refractivity contribution is 5.98. The maximum absolute atomic E-state index is 13.5. The largest absolute Gasteiger partial charge is 0.490 e. The predicted octanol–water partition coefficient (Wildman–Crippen LogP) is 4.34. The Labute approximate surface area is 235 Å². The first-order chi connectivity index (χ1) is 19.4. The smallest absolute Gasteiger partial charge is 0.475 e. The first-order valence-electron chi connectivity index (χ1n) is 14.1. The molecule has 0 unspecified atom stereocenters. The van der Waals surface area contributed by atoms with E-state index < -0.39 is 18.2 Å². The number of rotatable bonds is 5. The molecule has 5 aliphatic rings. The van der Waals surface area contributed by atoms with E-state index >= 15 is 0 Å². The van der Waals surface area contributed by atoms with Crippen LogP contribution in [-0.4, -0.2) is 57.6 Å². The zero-order valence-electron chi connectivity index (χ0n) is 22.5. The highest BCUT2D eigenvalue weighted by Gasteiger charge is 2.54. The SMILES string of the molecule is N#C[C@@H]1CCCN1C(=O)[C@@H](N)Cc1c[nH]c2ccc(NC(=O)C34CC5CC(CC(C5)C3)C4)cc12.O=C(O)C(F)(F)F. The van der Waals surface area contributed by atoms with E-state index in [2.05, 4.69) is 16.4 Å². The Morgan fingerprint density at radius 2 is 1.78 bits per heavy atom. The monoisotopic (exact) mass is 573 g/mol. The number of nitrogens with zero attached hydrogens (tertiary/aromatic N) is 2. The van der Waals surface area contributed by atoms with Crippen molar-refractivity contribution in [2.24, 2.45) is 28.9 Å². The van der Waals surface area contributed by atoms with Crippen LogP contribution in [0.5, 0.6) is 0 Å². The lowest BCUT2D eigenvalue weighted by molar-refractivity contribution is -0.192. The number of nitrogens with two attached hydrogens (primary N) is 1. The summed E-state index contributed by atoms with van der Waals surface area (Å²) in [6.07, 6.45) is 5.84. The zero-order chi connectivity index (χ0) is 29.5. The normalized spacial score (nSPS) is 29.0. The highest BCUT2D eigenvalue weighted by Crippen LogP contribution is 2.60. The quantitative estimate of drug-likeness (QED) is 0.418. The lowest BCUT2D eigenvalue weighted by Crippen LogP contribution is -2.51. The molecule has 9 nitrogen and oxygen atoms in total. The number of carbonyl (C=O) groups excluding carboxylic acids is 2. The highest BCUT2D eigenvalue weighted by atomic mass is 19.4. The van der Waals surface area contributed by atoms with Gasteiger partial charge in [0.15, 0.2) is 0 Å². The Morgan fingerprint density at radius 3 is 2.34 bits per heavy atom. The summed E-state index contributed by atoms with van der Waals surface area (Å²) in [6.45, 7) is 0.596. The summed E-state index contributed by atoms with van der Waals surface area (Å²) < 4.78 is 31.7. The molecule has 1 aromatic heterocycles. The Bertz CT molecular complexity index is 1350. The molecule has 0 spiro atoms. The van der Waals surface area contributed by atoms with Crippen LogP contribution in [0.1, 0.15) is 56.9 Å². The third kappa shape index (κ3) is 5.91. The van der Waals surface area contributed by atoms with Crippen LogP contribution >= 0.6 is 0 Å². The van der Waals surface area contributed by atoms with Gasteiger partial charge in [0.25, 0.3) is 0 Å². The number of H-pyrrole nitrogens is 1. The minimum atomic E-state index is -5.08. The maximum atomic E-state index is 13.5. The van der Waals surface area contributed by atoms with E-state index in [-0.39, 0.29) is 23.3 Å². The van der Waals surface area contributed by atoms with E-state index in [1.807, 2.05) is 24.4 Å². The van der Waals surface area contributed by atoms with Gasteiger partial charge >= 0.3 is 12.1 Å². The van der Waals surface area contributed by atoms with Crippen molar-refractivity contribution in [1.29, 1.82) is 5.26 Å². The van der Waals surface area contributed by atoms with Gasteiger partial charge in [-0.1, -0.05) is 0 Å². The Balaban J connectivity index is 0.000000431. The number of aromatic amines is 1. The van der Waals surface area contributed by atoms with Gasteiger partial charge in [0.05, 0.1) is 17.5 Å². The van der Waals surface area contributed by atoms with Crippen LogP contribution in [0.2, 0.25) is 0 Å². The number of hydrogen-bond donors (Lipinski definition) is 4. The van der Waals surface area contributed by atoms with Gasteiger partial charge in [-0.25, -0.2) is 4.79 Å². The Kier molecular flexibility index (Phi) is 7.76. The number of anilines is 1. The molecule has 4 aliphatic carbocycles. The summed E-state index contributed by atoms with van der Waals surface area (Å²) in [7, 11) is 0. The first kappa shape index (κ1) is 28.9. The summed E-state index contributed by atoms with van der Waals surface area (Å²) in [5.74, 6) is -0.549. The minimum Gasteiger partial charge on any atom is -0.475 e. The first-order valence-corrected chi connectivity index (χ1v) is 14.1. The molecule has 2 atom stereocenters. The standard InChI is InChI=1S/C27H33N5O2.C2HF3O2/c28-14-21-2-1-5-32(21)25(33)23(29)9-19-15-30-24-4-3-20(10-22(19)24)31-26(34)27-11-16-6-17(12-27)8-18(7-16)13-27;3-2(4,5)1(6)7/h3-4,10,15-18,21,23,30H,1-2,5-9,11-13,29H2,(H,31,34);(H,6,7)/t16?,17?,18?,21-,23-,27?;/m0./s1. The van der Waals surface area contributed by atoms with Crippen molar-refractivity contribution < 1.29 is 32.7 Å². The predicted molar refractivity (Wildman–Crippen MR) is 143 cm³/mol. The number of hydrogen-bond acceptors (Lipinski definition) is 5. The Hall–Kier alpha value is -3.59. The molecule has 0 radical (unpaired) electrons. The number of nitriles is 1. The molecule has 2 heterocycles. The molecular formula is C29H34F3N5O4. The average Bonchev–Trinajstić information content (AvgIpc) is 3.54. The number of carboxylic acid groups (broad SMARTS) is 1. The number of halogens is 3. The van der Waals surface area contributed by atoms with E-state index in [1.54, 1.807) is 4.90 Å². The molecule has 1 aliphatic heterocycles. The molecule has 2 aromatic rings. The second kappa shape index (κ2) is 11.0. The van der Waals surface area contributed by atoms with E-state index in [9.17, 15) is 28.0 Å². The number of aliphatic carboxylic acids is 1. The molecule has 2 amide bonds. The molecular weight excluding hydrogens is 539 g/mol. The molecule has 41 heavy (non-hydrogen) atoms. The number of alkyl halides is 3. The van der Waals surface area contributed by atoms with Gasteiger partial charge in [0.2, 0.25) is 11.8 Å². The van der Waals surface area contributed by atoms with Crippen LogP contribution in [0.25, 0.3) is 10.9 Å². The van der Waals surface area contributed by atoms with Crippen LogP contribution in [0.4, 0.5) is 18.9 Å². The number of carboxylic acids is 1. The van der Waals surface area contributed by atoms with Gasteiger partial charge in [-0.15, -0.1) is 0 Å². The van der Waals surface area contributed by atoms with Crippen LogP contribution in [0.15, 0.2) is 24.4 Å². The fourth-order valence-electron chi connectivity index (χ4n) is 7.78. The Morgan fingerprint density at radius 1 is 1.17 bits per heavy atom. The number of amides is 2. The topological polar surface area (TPSA) is 152 Å². The number of nitrogens with one attached hydrogen (secondary N) is 2. The average molecular weight is 574 g/mol. The molecule has 5 fully saturated rings. The van der Waals surface area contributed by atoms with Crippen molar-refractivity contribution in [3.05, 3.63) is 30.0 Å². The van der Waals surface area contributed by atoms with Gasteiger partial charge in [-0.3, -0.25) is 9.59 Å². The number of carbonyl (C=O) groups is 3. The van der Waals surface area contributed by atoms with Crippen LogP contribution in [-0.2, 0) is 20.8 Å². The minimum absolute atomic E-state index is 0.162. The number of aromatic nitrogens is 1. The lowest BCUT2D eigenvalue weighted by atomic mass is 9.49. The molecule has 12 heteroatoms. The summed E-state index contributed by atoms with van der Waals surface area (Å²) in [6, 6.07) is 7.09. The third-order valence-electron chi connectivity index (χ3n) is 9.23. The van der Waals surface area contributed by atoms with Crippen molar-refractivity contribution in [3.8, 4) is 6.07 Å². The lowest BCUT2D eigenvalue weighted by Gasteiger charge is -2.55. The van der Waals surface area contributed by atoms with Gasteiger partial charge in [-0.05, 0) is 99.3 Å². The van der Waals surface area contributed by atoms with Gasteiger partial charge in [-0.2, -0.15) is 18.4 Å². The van der Waals surface area contributed by atoms with Gasteiger partial charge in [0, 0.05) is 29.3 Å². The molecule has 1 aromatic carbocycles. The summed E-state index contributed by atoms with van der Waals surface area (Å²) in [5, 5.41) is 20.7. The van der Waals surface area contributed by atoms with E-state index in [0.717, 1.165) is 72.0 Å². The van der Waals surface area contributed by atoms with E-state index in [0.29, 0.717) is 13.0 Å². The molecule has 7 rings (SSSR count). The summed E-state index contributed by atoms with van der Waals surface area (Å²) >= 11 is 0. The second-order valence-electron chi connectivity index (χ2n) is 12.2. The van der Waals surface area contributed by atoms with Crippen molar-refractivity contribution in [3.63, 3.8) is 0 Å². The van der Waals surface area contributed by atoms with Crippen molar-refractivity contribution in [2.45, 2.75) is 76.0 Å². The van der Waals surface area contributed by atoms with Crippen LogP contribution < -0.4 is 11.1 Å². The number of fused-ring (bicyclic) bond motifs is 1. The maximum Gasteiger partial charge on any atom is 0.490 e. The van der Waals surface area contributed by atoms with Crippen LogP contribution in [0.3, 0.4) is 0 Å². The number of likely N-dealkylation sites (tertiary alicyclic amines) is 1. The van der Waals surface area contributed by atoms with Crippen molar-refractivity contribution in [2.75, 3.05) is 11.9 Å². The van der Waals surface area contributed by atoms with E-state index in [1.165, 1.54) is 19.3 Å². The van der Waals surface area contributed by atoms with E-state index in [4.69, 9.17) is 15.6 Å². The molecule has 4 saturated carbocycles. The fourth-order valence-corrected chi connectivity index (χ4v) is 7.78. The third-order valence-corrected chi connectivity index (χ3v) is 9.23. The summed E-state index contributed by atoms with van der Waals surface area (Å²) in [4.78, 5) is 40.1. The molecule has 220 valence electrons. The fraction of sp³-hybridized carbons (Fsp3) is 0.586. The molecule has 4 bridgehead atoms. The second-order valence-corrected chi connectivity index (χ2v) is 12.2. The van der Waals surface area contributed by atoms with Crippen molar-refractivity contribution >= 4 is 34.4 Å². The van der Waals surface area contributed by atoms with Gasteiger partial charge in [0.1, 0.15) is 6.04 Å². The molecule has 5 N–H and O–H groups in total. The zero-order valence-corrected chi connectivity index (χ0v) is 22.5. The van der Waals surface area contributed by atoms with Crippen molar-refractivity contribution in [1.82, 2.24) is 9.88 Å². The van der Waals surface area contributed by atoms with Gasteiger partial charge < -0.3 is 26.0 Å².